The van der Waals surface area contributed by atoms with Crippen LogP contribution >= 0.6 is 0 Å². The normalized spacial score (nSPS) is 15.3. The third-order valence-corrected chi connectivity index (χ3v) is 7.26. The minimum absolute atomic E-state index is 0.0170. The van der Waals surface area contributed by atoms with Gasteiger partial charge >= 0.3 is 0 Å². The average Bonchev–Trinajstić information content (AvgIpc) is 3.56. The predicted molar refractivity (Wildman–Crippen MR) is 138 cm³/mol. The van der Waals surface area contributed by atoms with E-state index in [0.29, 0.717) is 19.1 Å². The number of fused-ring (bicyclic) bond motifs is 1. The molecule has 0 saturated heterocycles. The fourth-order valence-corrected chi connectivity index (χ4v) is 5.44. The van der Waals surface area contributed by atoms with Crippen molar-refractivity contribution in [2.75, 3.05) is 0 Å². The first kappa shape index (κ1) is 23.4. The molecule has 2 heterocycles. The third kappa shape index (κ3) is 5.05. The highest BCUT2D eigenvalue weighted by atomic mass is 16.1. The molecule has 2 aromatic heterocycles. The van der Waals surface area contributed by atoms with Crippen molar-refractivity contribution < 1.29 is 0 Å². The van der Waals surface area contributed by atoms with Gasteiger partial charge in [0.05, 0.1) is 17.6 Å². The standard InChI is InChI=1S/C28H34N6O/c1-3-10-25(27-30-31-32-34(27)24-15-7-8-16-24)33(18-21-12-5-4-6-13-21)19-23-17-22-14-9-11-20(2)26(22)29-28(23)35/h4-6,9,11-14,17,24-25H,3,7-8,10,15-16,18-19H2,1-2H3,(H,29,35). The molecule has 0 aliphatic heterocycles. The molecule has 1 aliphatic carbocycles. The van der Waals surface area contributed by atoms with Crippen molar-refractivity contribution in [1.82, 2.24) is 30.1 Å². The largest absolute Gasteiger partial charge is 0.321 e. The van der Waals surface area contributed by atoms with Gasteiger partial charge in [-0.2, -0.15) is 0 Å². The molecule has 0 amide bonds. The Hall–Kier alpha value is -3.32. The van der Waals surface area contributed by atoms with Crippen molar-refractivity contribution in [3.8, 4) is 0 Å². The van der Waals surface area contributed by atoms with Gasteiger partial charge in [-0.1, -0.05) is 74.7 Å². The highest BCUT2D eigenvalue weighted by molar-refractivity contribution is 5.81. The van der Waals surface area contributed by atoms with Crippen LogP contribution in [0.3, 0.4) is 0 Å². The lowest BCUT2D eigenvalue weighted by atomic mass is 10.0. The minimum Gasteiger partial charge on any atom is -0.321 e. The quantitative estimate of drug-likeness (QED) is 0.350. The predicted octanol–water partition coefficient (Wildman–Crippen LogP) is 5.48. The van der Waals surface area contributed by atoms with Gasteiger partial charge in [0.15, 0.2) is 5.82 Å². The van der Waals surface area contributed by atoms with Crippen LogP contribution in [0, 0.1) is 6.92 Å². The van der Waals surface area contributed by atoms with Gasteiger partial charge in [-0.05, 0) is 59.2 Å². The molecule has 35 heavy (non-hydrogen) atoms. The van der Waals surface area contributed by atoms with Crippen molar-refractivity contribution in [1.29, 1.82) is 0 Å². The maximum atomic E-state index is 13.2. The number of nitrogens with zero attached hydrogens (tertiary/aromatic N) is 5. The maximum Gasteiger partial charge on any atom is 0.252 e. The van der Waals surface area contributed by atoms with E-state index in [1.165, 1.54) is 18.4 Å². The second-order valence-corrected chi connectivity index (χ2v) is 9.78. The number of para-hydroxylation sites is 1. The first-order valence-corrected chi connectivity index (χ1v) is 12.8. The van der Waals surface area contributed by atoms with Crippen molar-refractivity contribution in [3.63, 3.8) is 0 Å². The van der Waals surface area contributed by atoms with Crippen LogP contribution in [0.25, 0.3) is 10.9 Å². The molecule has 0 spiro atoms. The van der Waals surface area contributed by atoms with Crippen LogP contribution < -0.4 is 5.56 Å². The first-order chi connectivity index (χ1) is 17.1. The number of H-pyrrole nitrogens is 1. The summed E-state index contributed by atoms with van der Waals surface area (Å²) >= 11 is 0. The number of hydrogen-bond donors (Lipinski definition) is 1. The molecule has 7 heteroatoms. The van der Waals surface area contributed by atoms with Gasteiger partial charge in [-0.15, -0.1) is 5.10 Å². The summed E-state index contributed by atoms with van der Waals surface area (Å²) in [5.41, 5.74) is 3.93. The van der Waals surface area contributed by atoms with Crippen molar-refractivity contribution in [2.24, 2.45) is 0 Å². The van der Waals surface area contributed by atoms with E-state index in [9.17, 15) is 4.79 Å². The first-order valence-electron chi connectivity index (χ1n) is 12.8. The van der Waals surface area contributed by atoms with Gasteiger partial charge in [0.25, 0.3) is 5.56 Å². The Morgan fingerprint density at radius 2 is 1.89 bits per heavy atom. The number of aryl methyl sites for hydroxylation is 1. The number of aromatic amines is 1. The summed E-state index contributed by atoms with van der Waals surface area (Å²) in [7, 11) is 0. The summed E-state index contributed by atoms with van der Waals surface area (Å²) in [5.74, 6) is 0.919. The topological polar surface area (TPSA) is 79.7 Å². The van der Waals surface area contributed by atoms with E-state index in [0.717, 1.165) is 53.5 Å². The second kappa shape index (κ2) is 10.5. The summed E-state index contributed by atoms with van der Waals surface area (Å²) in [6, 6.07) is 19.0. The summed E-state index contributed by atoms with van der Waals surface area (Å²) < 4.78 is 2.07. The summed E-state index contributed by atoms with van der Waals surface area (Å²) in [6.45, 7) is 5.47. The molecule has 1 unspecified atom stereocenters. The Bertz CT molecular complexity index is 1320. The molecule has 0 bridgehead atoms. The molecule has 1 N–H and O–H groups in total. The molecular formula is C28H34N6O. The number of benzene rings is 2. The molecule has 2 aromatic carbocycles. The number of nitrogens with one attached hydrogen (secondary N) is 1. The Balaban J connectivity index is 1.55. The Labute approximate surface area is 206 Å². The van der Waals surface area contributed by atoms with Gasteiger partial charge in [-0.3, -0.25) is 9.69 Å². The molecule has 7 nitrogen and oxygen atoms in total. The minimum atomic E-state index is -0.0319. The number of pyridine rings is 1. The van der Waals surface area contributed by atoms with Crippen LogP contribution in [-0.4, -0.2) is 30.1 Å². The van der Waals surface area contributed by atoms with E-state index in [2.05, 4.69) is 67.3 Å². The van der Waals surface area contributed by atoms with E-state index in [1.807, 2.05) is 31.2 Å². The highest BCUT2D eigenvalue weighted by Gasteiger charge is 2.30. The van der Waals surface area contributed by atoms with Crippen LogP contribution in [-0.2, 0) is 13.1 Å². The zero-order valence-electron chi connectivity index (χ0n) is 20.7. The zero-order valence-corrected chi connectivity index (χ0v) is 20.7. The van der Waals surface area contributed by atoms with E-state index in [1.54, 1.807) is 0 Å². The monoisotopic (exact) mass is 470 g/mol. The summed E-state index contributed by atoms with van der Waals surface area (Å²) in [5, 5.41) is 14.1. The molecule has 1 fully saturated rings. The number of hydrogen-bond acceptors (Lipinski definition) is 5. The van der Waals surface area contributed by atoms with Gasteiger partial charge in [0.2, 0.25) is 0 Å². The smallest absolute Gasteiger partial charge is 0.252 e. The SMILES string of the molecule is CCCC(c1nnnn1C1CCCC1)N(Cc1ccccc1)Cc1cc2cccc(C)c2[nH]c1=O. The van der Waals surface area contributed by atoms with Crippen LogP contribution in [0.4, 0.5) is 0 Å². The Morgan fingerprint density at radius 3 is 2.66 bits per heavy atom. The zero-order chi connectivity index (χ0) is 24.2. The van der Waals surface area contributed by atoms with E-state index < -0.39 is 0 Å². The van der Waals surface area contributed by atoms with E-state index in [-0.39, 0.29) is 11.6 Å². The molecule has 0 radical (unpaired) electrons. The molecule has 1 aliphatic rings. The average molecular weight is 471 g/mol. The third-order valence-electron chi connectivity index (χ3n) is 7.26. The summed E-state index contributed by atoms with van der Waals surface area (Å²) in [6.07, 6.45) is 6.62. The van der Waals surface area contributed by atoms with Crippen LogP contribution in [0.1, 0.15) is 80.0 Å². The van der Waals surface area contributed by atoms with Crippen LogP contribution in [0.15, 0.2) is 59.4 Å². The van der Waals surface area contributed by atoms with Crippen molar-refractivity contribution in [2.45, 2.75) is 77.5 Å². The number of rotatable bonds is 9. The lowest BCUT2D eigenvalue weighted by molar-refractivity contribution is 0.153. The van der Waals surface area contributed by atoms with Crippen LogP contribution in [0.2, 0.25) is 0 Å². The van der Waals surface area contributed by atoms with Gasteiger partial charge in [-0.25, -0.2) is 4.68 Å². The fraction of sp³-hybridized carbons (Fsp3) is 0.429. The van der Waals surface area contributed by atoms with Gasteiger partial charge < -0.3 is 4.98 Å². The fourth-order valence-electron chi connectivity index (χ4n) is 5.44. The Morgan fingerprint density at radius 1 is 1.09 bits per heavy atom. The lowest BCUT2D eigenvalue weighted by Crippen LogP contribution is -2.33. The molecule has 182 valence electrons. The number of tetrazole rings is 1. The highest BCUT2D eigenvalue weighted by Crippen LogP contribution is 2.34. The maximum absolute atomic E-state index is 13.2. The lowest BCUT2D eigenvalue weighted by Gasteiger charge is -2.31. The molecule has 1 saturated carbocycles. The van der Waals surface area contributed by atoms with Crippen molar-refractivity contribution >= 4 is 10.9 Å². The molecule has 1 atom stereocenters. The molecular weight excluding hydrogens is 436 g/mol. The van der Waals surface area contributed by atoms with Gasteiger partial charge in [0, 0.05) is 18.7 Å². The van der Waals surface area contributed by atoms with Gasteiger partial charge in [0.1, 0.15) is 0 Å². The Kier molecular flexibility index (Phi) is 7.04. The van der Waals surface area contributed by atoms with E-state index >= 15 is 0 Å². The van der Waals surface area contributed by atoms with E-state index in [4.69, 9.17) is 0 Å². The van der Waals surface area contributed by atoms with Crippen molar-refractivity contribution in [3.05, 3.63) is 87.5 Å². The summed E-state index contributed by atoms with van der Waals surface area (Å²) in [4.78, 5) is 18.7. The molecule has 4 aromatic rings. The van der Waals surface area contributed by atoms with Crippen LogP contribution in [0.5, 0.6) is 0 Å². The molecule has 5 rings (SSSR count). The number of aromatic nitrogens is 5. The second-order valence-electron chi connectivity index (χ2n) is 9.78.